The van der Waals surface area contributed by atoms with Gasteiger partial charge in [-0.2, -0.15) is 5.26 Å². The van der Waals surface area contributed by atoms with E-state index in [1.807, 2.05) is 19.9 Å². The second-order valence-corrected chi connectivity index (χ2v) is 5.92. The number of anilines is 1. The molecule has 18 heavy (non-hydrogen) atoms. The highest BCUT2D eigenvalue weighted by atomic mass is 79.9. The predicted octanol–water partition coefficient (Wildman–Crippen LogP) is 4.72. The zero-order valence-corrected chi connectivity index (χ0v) is 12.3. The molecule has 1 rings (SSSR count). The third kappa shape index (κ3) is 5.05. The molecule has 0 saturated heterocycles. The summed E-state index contributed by atoms with van der Waals surface area (Å²) in [7, 11) is 0. The van der Waals surface area contributed by atoms with Crippen molar-refractivity contribution in [1.29, 1.82) is 5.26 Å². The van der Waals surface area contributed by atoms with Crippen LogP contribution in [0.5, 0.6) is 0 Å². The lowest BCUT2D eigenvalue weighted by Gasteiger charge is -2.14. The minimum Gasteiger partial charge on any atom is -0.383 e. The number of nitrogens with zero attached hydrogens (tertiary/aromatic N) is 1. The van der Waals surface area contributed by atoms with Gasteiger partial charge in [-0.05, 0) is 44.9 Å². The van der Waals surface area contributed by atoms with Crippen LogP contribution >= 0.6 is 15.9 Å². The van der Waals surface area contributed by atoms with Gasteiger partial charge in [-0.1, -0.05) is 22.4 Å². The van der Waals surface area contributed by atoms with E-state index in [1.54, 1.807) is 6.07 Å². The quantitative estimate of drug-likeness (QED) is 0.771. The average molecular weight is 313 g/mol. The van der Waals surface area contributed by atoms with Crippen LogP contribution < -0.4 is 5.32 Å². The summed E-state index contributed by atoms with van der Waals surface area (Å²) < 4.78 is 14.2. The summed E-state index contributed by atoms with van der Waals surface area (Å²) in [6.07, 6.45) is 2.76. The van der Waals surface area contributed by atoms with Crippen molar-refractivity contribution >= 4 is 21.6 Å². The molecule has 0 aliphatic rings. The van der Waals surface area contributed by atoms with Gasteiger partial charge in [0.15, 0.2) is 0 Å². The number of nitrogens with one attached hydrogen (secondary N) is 1. The summed E-state index contributed by atoms with van der Waals surface area (Å²) in [6.45, 7) is 4.60. The van der Waals surface area contributed by atoms with Gasteiger partial charge in [0.05, 0.1) is 17.2 Å². The molecule has 0 aliphatic heterocycles. The minimum absolute atomic E-state index is 0.248. The summed E-state index contributed by atoms with van der Waals surface area (Å²) in [4.78, 5) is 0. The molecule has 0 atom stereocenters. The molecule has 0 aliphatic carbocycles. The topological polar surface area (TPSA) is 35.8 Å². The Bertz CT molecular complexity index is 438. The minimum atomic E-state index is -0.261. The van der Waals surface area contributed by atoms with Crippen molar-refractivity contribution in [2.75, 3.05) is 11.9 Å². The highest BCUT2D eigenvalue weighted by Crippen LogP contribution is 2.22. The van der Waals surface area contributed by atoms with E-state index in [0.29, 0.717) is 5.69 Å². The van der Waals surface area contributed by atoms with Crippen LogP contribution in [0.15, 0.2) is 22.7 Å². The molecule has 0 spiro atoms. The Kier molecular flexibility index (Phi) is 5.61. The third-order valence-electron chi connectivity index (χ3n) is 2.78. The first-order valence-corrected chi connectivity index (χ1v) is 6.84. The van der Waals surface area contributed by atoms with Crippen molar-refractivity contribution in [3.63, 3.8) is 0 Å². The first-order valence-electron chi connectivity index (χ1n) is 6.05. The van der Waals surface area contributed by atoms with E-state index in [-0.39, 0.29) is 11.2 Å². The number of unbranched alkanes of at least 4 members (excludes halogenated alkanes) is 1. The molecule has 1 N–H and O–H groups in total. The summed E-state index contributed by atoms with van der Waals surface area (Å²) in [5, 5.41) is 11.9. The summed E-state index contributed by atoms with van der Waals surface area (Å²) in [5.41, 5.74) is 0.265. The van der Waals surface area contributed by atoms with Crippen LogP contribution in [0.1, 0.15) is 33.1 Å². The van der Waals surface area contributed by atoms with Crippen molar-refractivity contribution in [3.05, 3.63) is 28.5 Å². The van der Waals surface area contributed by atoms with Crippen molar-refractivity contribution in [3.8, 4) is 6.07 Å². The molecule has 0 amide bonds. The SMILES string of the molecule is CC(C)(C#N)CCCCNc1ccc(Br)cc1F. The normalized spacial score (nSPS) is 11.1. The number of rotatable bonds is 6. The Balaban J connectivity index is 2.29. The number of halogens is 2. The highest BCUT2D eigenvalue weighted by molar-refractivity contribution is 9.10. The molecule has 1 aromatic carbocycles. The van der Waals surface area contributed by atoms with Gasteiger partial charge in [-0.3, -0.25) is 0 Å². The second-order valence-electron chi connectivity index (χ2n) is 5.00. The Morgan fingerprint density at radius 3 is 2.72 bits per heavy atom. The molecule has 4 heteroatoms. The molecule has 1 aromatic rings. The van der Waals surface area contributed by atoms with Crippen molar-refractivity contribution in [2.45, 2.75) is 33.1 Å². The number of nitriles is 1. The highest BCUT2D eigenvalue weighted by Gasteiger charge is 2.15. The first kappa shape index (κ1) is 15.0. The van der Waals surface area contributed by atoms with Gasteiger partial charge >= 0.3 is 0 Å². The molecular formula is C14H18BrFN2. The van der Waals surface area contributed by atoms with Crippen LogP contribution in [0.2, 0.25) is 0 Å². The maximum atomic E-state index is 13.5. The smallest absolute Gasteiger partial charge is 0.147 e. The lowest BCUT2D eigenvalue weighted by molar-refractivity contribution is 0.430. The van der Waals surface area contributed by atoms with Gasteiger partial charge in [-0.15, -0.1) is 0 Å². The van der Waals surface area contributed by atoms with Crippen LogP contribution in [-0.4, -0.2) is 6.54 Å². The zero-order chi connectivity index (χ0) is 13.6. The lowest BCUT2D eigenvalue weighted by atomic mass is 9.89. The fourth-order valence-electron chi connectivity index (χ4n) is 1.60. The van der Waals surface area contributed by atoms with E-state index in [9.17, 15) is 4.39 Å². The van der Waals surface area contributed by atoms with Crippen molar-refractivity contribution in [1.82, 2.24) is 0 Å². The number of benzene rings is 1. The first-order chi connectivity index (χ1) is 8.44. The molecule has 0 heterocycles. The van der Waals surface area contributed by atoms with Crippen LogP contribution in [0.3, 0.4) is 0 Å². The van der Waals surface area contributed by atoms with Gasteiger partial charge in [0.25, 0.3) is 0 Å². The Morgan fingerprint density at radius 2 is 2.11 bits per heavy atom. The van der Waals surface area contributed by atoms with Gasteiger partial charge < -0.3 is 5.32 Å². The molecular weight excluding hydrogens is 295 g/mol. The molecule has 0 fully saturated rings. The zero-order valence-electron chi connectivity index (χ0n) is 10.8. The van der Waals surface area contributed by atoms with E-state index < -0.39 is 0 Å². The Morgan fingerprint density at radius 1 is 1.39 bits per heavy atom. The molecule has 0 saturated carbocycles. The van der Waals surface area contributed by atoms with Crippen LogP contribution in [0.4, 0.5) is 10.1 Å². The summed E-state index contributed by atoms with van der Waals surface area (Å²) >= 11 is 3.22. The molecule has 2 nitrogen and oxygen atoms in total. The third-order valence-corrected chi connectivity index (χ3v) is 3.27. The molecule has 0 unspecified atom stereocenters. The average Bonchev–Trinajstić information content (AvgIpc) is 2.31. The lowest BCUT2D eigenvalue weighted by Crippen LogP contribution is -2.09. The molecule has 0 aromatic heterocycles. The second kappa shape index (κ2) is 6.75. The predicted molar refractivity (Wildman–Crippen MR) is 75.8 cm³/mol. The number of hydrogen-bond donors (Lipinski definition) is 1. The summed E-state index contributed by atoms with van der Waals surface area (Å²) in [5.74, 6) is -0.248. The van der Waals surface area contributed by atoms with E-state index in [0.717, 1.165) is 30.3 Å². The van der Waals surface area contributed by atoms with E-state index >= 15 is 0 Å². The fraction of sp³-hybridized carbons (Fsp3) is 0.500. The van der Waals surface area contributed by atoms with Gasteiger partial charge in [0.1, 0.15) is 5.82 Å². The van der Waals surface area contributed by atoms with Crippen LogP contribution in [0.25, 0.3) is 0 Å². The molecule has 0 radical (unpaired) electrons. The monoisotopic (exact) mass is 312 g/mol. The van der Waals surface area contributed by atoms with Gasteiger partial charge in [-0.25, -0.2) is 4.39 Å². The summed E-state index contributed by atoms with van der Waals surface area (Å²) in [6, 6.07) is 7.26. The molecule has 98 valence electrons. The largest absolute Gasteiger partial charge is 0.383 e. The standard InChI is InChI=1S/C14H18BrFN2/c1-14(2,10-17)7-3-4-8-18-13-6-5-11(15)9-12(13)16/h5-6,9,18H,3-4,7-8H2,1-2H3. The Hall–Kier alpha value is -1.08. The van der Waals surface area contributed by atoms with Gasteiger partial charge in [0.2, 0.25) is 0 Å². The van der Waals surface area contributed by atoms with E-state index in [2.05, 4.69) is 27.3 Å². The Labute approximate surface area is 116 Å². The van der Waals surface area contributed by atoms with E-state index in [4.69, 9.17) is 5.26 Å². The van der Waals surface area contributed by atoms with E-state index in [1.165, 1.54) is 6.07 Å². The van der Waals surface area contributed by atoms with Crippen LogP contribution in [0, 0.1) is 22.6 Å². The van der Waals surface area contributed by atoms with Crippen LogP contribution in [-0.2, 0) is 0 Å². The van der Waals surface area contributed by atoms with Crippen molar-refractivity contribution < 1.29 is 4.39 Å². The van der Waals surface area contributed by atoms with Gasteiger partial charge in [0, 0.05) is 11.0 Å². The fourth-order valence-corrected chi connectivity index (χ4v) is 1.94. The van der Waals surface area contributed by atoms with Crippen molar-refractivity contribution in [2.24, 2.45) is 5.41 Å². The maximum Gasteiger partial charge on any atom is 0.147 e. The number of hydrogen-bond acceptors (Lipinski definition) is 2. The molecule has 0 bridgehead atoms. The maximum absolute atomic E-state index is 13.5.